The summed E-state index contributed by atoms with van der Waals surface area (Å²) in [5, 5.41) is 6.04. The number of nitrogens with zero attached hydrogens (tertiary/aromatic N) is 1. The summed E-state index contributed by atoms with van der Waals surface area (Å²) in [4.78, 5) is 25.6. The Bertz CT molecular complexity index is 503. The summed E-state index contributed by atoms with van der Waals surface area (Å²) < 4.78 is 0. The van der Waals surface area contributed by atoms with Crippen molar-refractivity contribution in [3.05, 3.63) is 29.8 Å². The predicted octanol–water partition coefficient (Wildman–Crippen LogP) is 1.25. The largest absolute Gasteiger partial charge is 0.373 e. The highest BCUT2D eigenvalue weighted by Gasteiger charge is 2.29. The minimum Gasteiger partial charge on any atom is -0.373 e. The molecule has 1 atom stereocenters. The molecule has 5 heteroatoms. The van der Waals surface area contributed by atoms with Gasteiger partial charge in [0.1, 0.15) is 6.04 Å². The molecule has 1 aromatic carbocycles. The second kappa shape index (κ2) is 6.61. The smallest absolute Gasteiger partial charge is 0.245 e. The first-order chi connectivity index (χ1) is 9.97. The number of amides is 2. The third-order valence-electron chi connectivity index (χ3n) is 3.53. The van der Waals surface area contributed by atoms with Crippen LogP contribution in [0.4, 0.5) is 5.69 Å². The molecule has 5 nitrogen and oxygen atoms in total. The fourth-order valence-electron chi connectivity index (χ4n) is 2.38. The number of hydrogen-bond donors (Lipinski definition) is 2. The summed E-state index contributed by atoms with van der Waals surface area (Å²) in [5.74, 6) is 0.238. The molecule has 1 aliphatic rings. The summed E-state index contributed by atoms with van der Waals surface area (Å²) in [6, 6.07) is 7.63. The van der Waals surface area contributed by atoms with E-state index in [1.165, 1.54) is 4.90 Å². The molecule has 2 N–H and O–H groups in total. The van der Waals surface area contributed by atoms with Gasteiger partial charge in [0, 0.05) is 25.7 Å². The summed E-state index contributed by atoms with van der Waals surface area (Å²) in [6.45, 7) is 4.80. The van der Waals surface area contributed by atoms with Crippen LogP contribution in [0.3, 0.4) is 0 Å². The number of carbonyl (C=O) groups is 2. The molecule has 0 aromatic heterocycles. The normalized spacial score (nSPS) is 16.3. The highest BCUT2D eigenvalue weighted by molar-refractivity contribution is 5.90. The van der Waals surface area contributed by atoms with Crippen LogP contribution in [0.2, 0.25) is 0 Å². The van der Waals surface area contributed by atoms with Gasteiger partial charge >= 0.3 is 0 Å². The van der Waals surface area contributed by atoms with Crippen LogP contribution in [-0.4, -0.2) is 42.9 Å². The van der Waals surface area contributed by atoms with Crippen LogP contribution in [-0.2, 0) is 16.0 Å². The van der Waals surface area contributed by atoms with Crippen LogP contribution in [0, 0.1) is 5.92 Å². The lowest BCUT2D eigenvalue weighted by atomic mass is 10.1. The highest BCUT2D eigenvalue weighted by atomic mass is 16.2. The number of anilines is 1. The zero-order chi connectivity index (χ0) is 15.4. The van der Waals surface area contributed by atoms with E-state index in [1.807, 2.05) is 38.1 Å². The third-order valence-corrected chi connectivity index (χ3v) is 3.53. The summed E-state index contributed by atoms with van der Waals surface area (Å²) >= 11 is 0. The Kier molecular flexibility index (Phi) is 4.83. The van der Waals surface area contributed by atoms with Crippen molar-refractivity contribution < 1.29 is 9.59 Å². The SMILES string of the molecule is CC(C)CNC(=O)CN(C)C(=O)[C@@H]1Cc2ccccc2N1. The molecule has 2 amide bonds. The number of nitrogens with one attached hydrogen (secondary N) is 2. The van der Waals surface area contributed by atoms with Crippen LogP contribution < -0.4 is 10.6 Å². The first-order valence-corrected chi connectivity index (χ1v) is 7.33. The maximum absolute atomic E-state index is 12.4. The maximum Gasteiger partial charge on any atom is 0.245 e. The third kappa shape index (κ3) is 3.97. The van der Waals surface area contributed by atoms with Gasteiger partial charge in [-0.15, -0.1) is 0 Å². The molecule has 0 spiro atoms. The zero-order valence-electron chi connectivity index (χ0n) is 12.8. The molecular weight excluding hydrogens is 266 g/mol. The number of likely N-dealkylation sites (N-methyl/N-ethyl adjacent to an activating group) is 1. The topological polar surface area (TPSA) is 61.4 Å². The van der Waals surface area contributed by atoms with E-state index in [4.69, 9.17) is 0 Å². The number of benzene rings is 1. The summed E-state index contributed by atoms with van der Waals surface area (Å²) in [7, 11) is 1.67. The van der Waals surface area contributed by atoms with Crippen molar-refractivity contribution in [2.24, 2.45) is 5.92 Å². The van der Waals surface area contributed by atoms with Crippen molar-refractivity contribution in [2.45, 2.75) is 26.3 Å². The number of para-hydroxylation sites is 1. The lowest BCUT2D eigenvalue weighted by Crippen LogP contribution is -2.45. The molecule has 0 aliphatic carbocycles. The van der Waals surface area contributed by atoms with Crippen molar-refractivity contribution in [3.63, 3.8) is 0 Å². The second-order valence-electron chi connectivity index (χ2n) is 5.95. The van der Waals surface area contributed by atoms with Crippen molar-refractivity contribution in [3.8, 4) is 0 Å². The second-order valence-corrected chi connectivity index (χ2v) is 5.95. The van der Waals surface area contributed by atoms with Gasteiger partial charge in [0.25, 0.3) is 0 Å². The minimum atomic E-state index is -0.273. The Morgan fingerprint density at radius 3 is 2.76 bits per heavy atom. The Balaban J connectivity index is 1.85. The van der Waals surface area contributed by atoms with Gasteiger partial charge in [-0.3, -0.25) is 9.59 Å². The van der Waals surface area contributed by atoms with Crippen LogP contribution in [0.5, 0.6) is 0 Å². The number of hydrogen-bond acceptors (Lipinski definition) is 3. The van der Waals surface area contributed by atoms with Crippen LogP contribution in [0.1, 0.15) is 19.4 Å². The Labute approximate surface area is 125 Å². The fourth-order valence-corrected chi connectivity index (χ4v) is 2.38. The quantitative estimate of drug-likeness (QED) is 0.857. The zero-order valence-corrected chi connectivity index (χ0v) is 12.8. The molecule has 1 heterocycles. The summed E-state index contributed by atoms with van der Waals surface area (Å²) in [6.07, 6.45) is 0.674. The molecule has 0 fully saturated rings. The fraction of sp³-hybridized carbons (Fsp3) is 0.500. The first-order valence-electron chi connectivity index (χ1n) is 7.33. The molecule has 21 heavy (non-hydrogen) atoms. The van der Waals surface area contributed by atoms with Crippen LogP contribution in [0.15, 0.2) is 24.3 Å². The van der Waals surface area contributed by atoms with Crippen molar-refractivity contribution in [1.29, 1.82) is 0 Å². The first kappa shape index (κ1) is 15.4. The van der Waals surface area contributed by atoms with Gasteiger partial charge in [0.2, 0.25) is 11.8 Å². The van der Waals surface area contributed by atoms with E-state index in [9.17, 15) is 9.59 Å². The maximum atomic E-state index is 12.4. The monoisotopic (exact) mass is 289 g/mol. The lowest BCUT2D eigenvalue weighted by Gasteiger charge is -2.21. The average molecular weight is 289 g/mol. The van der Waals surface area contributed by atoms with E-state index in [1.54, 1.807) is 7.05 Å². The molecule has 0 saturated heterocycles. The molecule has 0 unspecified atom stereocenters. The predicted molar refractivity (Wildman–Crippen MR) is 83.0 cm³/mol. The van der Waals surface area contributed by atoms with E-state index in [2.05, 4.69) is 10.6 Å². The molecular formula is C16H23N3O2. The molecule has 0 bridgehead atoms. The van der Waals surface area contributed by atoms with Crippen LogP contribution in [0.25, 0.3) is 0 Å². The van der Waals surface area contributed by atoms with Gasteiger partial charge in [-0.2, -0.15) is 0 Å². The van der Waals surface area contributed by atoms with E-state index < -0.39 is 0 Å². The van der Waals surface area contributed by atoms with E-state index >= 15 is 0 Å². The van der Waals surface area contributed by atoms with Gasteiger partial charge in [0.15, 0.2) is 0 Å². The minimum absolute atomic E-state index is 0.0501. The van der Waals surface area contributed by atoms with Gasteiger partial charge in [-0.05, 0) is 17.5 Å². The van der Waals surface area contributed by atoms with Gasteiger partial charge in [0.05, 0.1) is 6.54 Å². The number of rotatable bonds is 5. The molecule has 114 valence electrons. The van der Waals surface area contributed by atoms with Gasteiger partial charge < -0.3 is 15.5 Å². The Morgan fingerprint density at radius 1 is 1.38 bits per heavy atom. The van der Waals surface area contributed by atoms with E-state index in [0.717, 1.165) is 11.3 Å². The average Bonchev–Trinajstić information content (AvgIpc) is 2.88. The van der Waals surface area contributed by atoms with Crippen molar-refractivity contribution >= 4 is 17.5 Å². The van der Waals surface area contributed by atoms with Crippen molar-refractivity contribution in [1.82, 2.24) is 10.2 Å². The number of fused-ring (bicyclic) bond motifs is 1. The van der Waals surface area contributed by atoms with Crippen molar-refractivity contribution in [2.75, 3.05) is 25.5 Å². The molecule has 1 aliphatic heterocycles. The van der Waals surface area contributed by atoms with Gasteiger partial charge in [-0.25, -0.2) is 0 Å². The standard InChI is InChI=1S/C16H23N3O2/c1-11(2)9-17-15(20)10-19(3)16(21)14-8-12-6-4-5-7-13(12)18-14/h4-7,11,14,18H,8-10H2,1-3H3,(H,17,20)/t14-/m0/s1. The summed E-state index contributed by atoms with van der Waals surface area (Å²) in [5.41, 5.74) is 2.15. The van der Waals surface area contributed by atoms with E-state index in [0.29, 0.717) is 18.9 Å². The van der Waals surface area contributed by atoms with E-state index in [-0.39, 0.29) is 24.4 Å². The number of carbonyl (C=O) groups excluding carboxylic acids is 2. The molecule has 1 aromatic rings. The Morgan fingerprint density at radius 2 is 2.10 bits per heavy atom. The lowest BCUT2D eigenvalue weighted by molar-refractivity contribution is -0.135. The molecule has 0 radical (unpaired) electrons. The Hall–Kier alpha value is -2.04. The van der Waals surface area contributed by atoms with Crippen LogP contribution >= 0.6 is 0 Å². The highest BCUT2D eigenvalue weighted by Crippen LogP contribution is 2.25. The molecule has 2 rings (SSSR count). The van der Waals surface area contributed by atoms with Gasteiger partial charge in [-0.1, -0.05) is 32.0 Å². The molecule has 0 saturated carbocycles.